The summed E-state index contributed by atoms with van der Waals surface area (Å²) in [5, 5.41) is 14.0. The number of hydrogen-bond donors (Lipinski definition) is 3. The number of amides is 3. The predicted octanol–water partition coefficient (Wildman–Crippen LogP) is 0.418. The average Bonchev–Trinajstić information content (AvgIpc) is 3.07. The molecule has 2 rings (SSSR count). The lowest BCUT2D eigenvalue weighted by molar-refractivity contribution is -0.145. The van der Waals surface area contributed by atoms with Gasteiger partial charge in [-0.1, -0.05) is 0 Å². The normalized spacial score (nSPS) is 17.9. The van der Waals surface area contributed by atoms with Gasteiger partial charge in [-0.2, -0.15) is 0 Å². The maximum absolute atomic E-state index is 13.3. The fourth-order valence-electron chi connectivity index (χ4n) is 2.60. The zero-order chi connectivity index (χ0) is 18.6. The number of anilines is 1. The van der Waals surface area contributed by atoms with E-state index in [1.54, 1.807) is 13.8 Å². The summed E-state index contributed by atoms with van der Waals surface area (Å²) in [6.07, 6.45) is 0.445. The van der Waals surface area contributed by atoms with Crippen LogP contribution >= 0.6 is 0 Å². The highest BCUT2D eigenvalue weighted by Crippen LogP contribution is 2.20. The number of nitrogens with zero attached hydrogens (tertiary/aromatic N) is 1. The van der Waals surface area contributed by atoms with E-state index in [0.717, 1.165) is 0 Å². The Morgan fingerprint density at radius 3 is 2.76 bits per heavy atom. The molecule has 136 valence electrons. The van der Waals surface area contributed by atoms with Crippen LogP contribution < -0.4 is 10.6 Å². The molecule has 1 aliphatic rings. The van der Waals surface area contributed by atoms with Crippen molar-refractivity contribution in [2.45, 2.75) is 26.3 Å². The van der Waals surface area contributed by atoms with Crippen molar-refractivity contribution in [2.24, 2.45) is 5.92 Å². The summed E-state index contributed by atoms with van der Waals surface area (Å²) >= 11 is 0. The number of hydrogen-bond acceptors (Lipinski definition) is 4. The minimum atomic E-state index is -0.795. The highest BCUT2D eigenvalue weighted by Gasteiger charge is 2.34. The third-order valence-electron chi connectivity index (χ3n) is 4.12. The maximum atomic E-state index is 13.3. The van der Waals surface area contributed by atoms with Gasteiger partial charge in [-0.25, -0.2) is 4.39 Å². The van der Waals surface area contributed by atoms with Crippen LogP contribution in [0.1, 0.15) is 18.9 Å². The molecule has 0 saturated carbocycles. The van der Waals surface area contributed by atoms with Crippen LogP contribution in [0.25, 0.3) is 0 Å². The van der Waals surface area contributed by atoms with Gasteiger partial charge in [0.2, 0.25) is 5.91 Å². The summed E-state index contributed by atoms with van der Waals surface area (Å²) in [7, 11) is 0. The molecule has 3 amide bonds. The van der Waals surface area contributed by atoms with Crippen LogP contribution in [0.3, 0.4) is 0 Å². The lowest BCUT2D eigenvalue weighted by Crippen LogP contribution is -2.46. The van der Waals surface area contributed by atoms with Crippen LogP contribution in [0.15, 0.2) is 18.2 Å². The van der Waals surface area contributed by atoms with Crippen molar-refractivity contribution in [3.8, 4) is 0 Å². The molecule has 1 aliphatic heterocycles. The molecule has 1 aromatic carbocycles. The molecular formula is C17H22FN3O4. The molecule has 3 N–H and O–H groups in total. The second kappa shape index (κ2) is 8.06. The van der Waals surface area contributed by atoms with Crippen molar-refractivity contribution in [1.29, 1.82) is 0 Å². The van der Waals surface area contributed by atoms with Gasteiger partial charge in [0.1, 0.15) is 5.82 Å². The van der Waals surface area contributed by atoms with Crippen molar-refractivity contribution in [3.05, 3.63) is 29.6 Å². The van der Waals surface area contributed by atoms with Crippen molar-refractivity contribution in [2.75, 3.05) is 25.0 Å². The Bertz CT molecular complexity index is 680. The summed E-state index contributed by atoms with van der Waals surface area (Å²) < 4.78 is 13.3. The Labute approximate surface area is 145 Å². The molecule has 0 bridgehead atoms. The number of aliphatic hydroxyl groups is 1. The van der Waals surface area contributed by atoms with Crippen molar-refractivity contribution >= 4 is 23.4 Å². The molecule has 1 unspecified atom stereocenters. The molecule has 8 heteroatoms. The molecule has 0 aromatic heterocycles. The number of benzene rings is 1. The molecule has 0 spiro atoms. The molecule has 1 saturated heterocycles. The van der Waals surface area contributed by atoms with E-state index in [0.29, 0.717) is 24.2 Å². The number of carbonyl (C=O) groups is 3. The minimum absolute atomic E-state index is 0.145. The highest BCUT2D eigenvalue weighted by atomic mass is 19.1. The highest BCUT2D eigenvalue weighted by molar-refractivity contribution is 6.35. The molecule has 2 atom stereocenters. The molecule has 1 heterocycles. The SMILES string of the molecule is Cc1cc(NC(=O)C2CCN(C(=O)C(=O)N[C@H](C)CO)C2)ccc1F. The van der Waals surface area contributed by atoms with Crippen molar-refractivity contribution < 1.29 is 23.9 Å². The van der Waals surface area contributed by atoms with Gasteiger partial charge in [0, 0.05) is 24.8 Å². The Morgan fingerprint density at radius 2 is 2.12 bits per heavy atom. The summed E-state index contributed by atoms with van der Waals surface area (Å²) in [5.74, 6) is -2.56. The summed E-state index contributed by atoms with van der Waals surface area (Å²) in [6, 6.07) is 3.78. The molecular weight excluding hydrogens is 329 g/mol. The Kier molecular flexibility index (Phi) is 6.08. The Balaban J connectivity index is 1.90. The van der Waals surface area contributed by atoms with Crippen molar-refractivity contribution in [3.63, 3.8) is 0 Å². The maximum Gasteiger partial charge on any atom is 0.311 e. The number of carbonyl (C=O) groups excluding carboxylic acids is 3. The summed E-state index contributed by atoms with van der Waals surface area (Å²) in [5.41, 5.74) is 0.916. The van der Waals surface area contributed by atoms with Crippen molar-refractivity contribution in [1.82, 2.24) is 10.2 Å². The largest absolute Gasteiger partial charge is 0.394 e. The fraction of sp³-hybridized carbons (Fsp3) is 0.471. The van der Waals surface area contributed by atoms with Gasteiger partial charge in [0.25, 0.3) is 0 Å². The van der Waals surface area contributed by atoms with Crippen LogP contribution in [0.5, 0.6) is 0 Å². The number of nitrogens with one attached hydrogen (secondary N) is 2. The second-order valence-corrected chi connectivity index (χ2v) is 6.25. The smallest absolute Gasteiger partial charge is 0.311 e. The zero-order valence-corrected chi connectivity index (χ0v) is 14.2. The first-order valence-corrected chi connectivity index (χ1v) is 8.09. The van der Waals surface area contributed by atoms with E-state index in [4.69, 9.17) is 5.11 Å². The first kappa shape index (κ1) is 18.9. The van der Waals surface area contributed by atoms with E-state index in [9.17, 15) is 18.8 Å². The quantitative estimate of drug-likeness (QED) is 0.685. The van der Waals surface area contributed by atoms with Gasteiger partial charge in [-0.15, -0.1) is 0 Å². The van der Waals surface area contributed by atoms with Gasteiger partial charge in [-0.3, -0.25) is 14.4 Å². The van der Waals surface area contributed by atoms with E-state index in [1.807, 2.05) is 0 Å². The van der Waals surface area contributed by atoms with Gasteiger partial charge in [0.05, 0.1) is 12.5 Å². The van der Waals surface area contributed by atoms with Crippen LogP contribution in [-0.4, -0.2) is 53.5 Å². The molecule has 25 heavy (non-hydrogen) atoms. The van der Waals surface area contributed by atoms with Crippen LogP contribution in [0, 0.1) is 18.7 Å². The minimum Gasteiger partial charge on any atom is -0.394 e. The summed E-state index contributed by atoms with van der Waals surface area (Å²) in [4.78, 5) is 37.5. The first-order chi connectivity index (χ1) is 11.8. The van der Waals surface area contributed by atoms with Gasteiger partial charge >= 0.3 is 11.8 Å². The molecule has 1 fully saturated rings. The zero-order valence-electron chi connectivity index (χ0n) is 14.2. The standard InChI is InChI=1S/C17H22FN3O4/c1-10-7-13(3-4-14(10)18)20-15(23)12-5-6-21(8-12)17(25)16(24)19-11(2)9-22/h3-4,7,11-12,22H,5-6,8-9H2,1-2H3,(H,19,24)(H,20,23)/t11-,12?/m1/s1. The van der Waals surface area contributed by atoms with E-state index in [1.165, 1.54) is 23.1 Å². The fourth-order valence-corrected chi connectivity index (χ4v) is 2.60. The number of halogens is 1. The van der Waals surface area contributed by atoms with E-state index >= 15 is 0 Å². The molecule has 1 aromatic rings. The van der Waals surface area contributed by atoms with Crippen LogP contribution in [-0.2, 0) is 14.4 Å². The third kappa shape index (κ3) is 4.76. The van der Waals surface area contributed by atoms with Crippen LogP contribution in [0.2, 0.25) is 0 Å². The molecule has 0 radical (unpaired) electrons. The first-order valence-electron chi connectivity index (χ1n) is 8.09. The topological polar surface area (TPSA) is 98.7 Å². The van der Waals surface area contributed by atoms with Gasteiger partial charge in [0.15, 0.2) is 0 Å². The van der Waals surface area contributed by atoms with E-state index < -0.39 is 23.8 Å². The summed E-state index contributed by atoms with van der Waals surface area (Å²) in [6.45, 7) is 3.37. The number of aryl methyl sites for hydroxylation is 1. The monoisotopic (exact) mass is 351 g/mol. The molecule has 7 nitrogen and oxygen atoms in total. The van der Waals surface area contributed by atoms with E-state index in [2.05, 4.69) is 10.6 Å². The second-order valence-electron chi connectivity index (χ2n) is 6.25. The number of likely N-dealkylation sites (tertiary alicyclic amines) is 1. The Hall–Kier alpha value is -2.48. The van der Waals surface area contributed by atoms with Gasteiger partial charge < -0.3 is 20.6 Å². The average molecular weight is 351 g/mol. The van der Waals surface area contributed by atoms with E-state index in [-0.39, 0.29) is 24.9 Å². The number of aliphatic hydroxyl groups excluding tert-OH is 1. The molecule has 0 aliphatic carbocycles. The Morgan fingerprint density at radius 1 is 1.40 bits per heavy atom. The predicted molar refractivity (Wildman–Crippen MR) is 89.1 cm³/mol. The van der Waals surface area contributed by atoms with Gasteiger partial charge in [-0.05, 0) is 44.0 Å². The number of rotatable bonds is 4. The lowest BCUT2D eigenvalue weighted by Gasteiger charge is -2.17. The third-order valence-corrected chi connectivity index (χ3v) is 4.12. The lowest BCUT2D eigenvalue weighted by atomic mass is 10.1. The van der Waals surface area contributed by atoms with Crippen LogP contribution in [0.4, 0.5) is 10.1 Å².